The molecule has 0 saturated heterocycles. The monoisotopic (exact) mass is 192 g/mol. The number of hydrogen-bond donors (Lipinski definition) is 2. The van der Waals surface area contributed by atoms with Crippen molar-refractivity contribution in [3.63, 3.8) is 0 Å². The summed E-state index contributed by atoms with van der Waals surface area (Å²) in [6.45, 7) is 2.00. The molecule has 0 radical (unpaired) electrons. The lowest BCUT2D eigenvalue weighted by molar-refractivity contribution is -0.119. The van der Waals surface area contributed by atoms with Crippen LogP contribution in [-0.4, -0.2) is 17.3 Å². The van der Waals surface area contributed by atoms with E-state index >= 15 is 0 Å². The van der Waals surface area contributed by atoms with E-state index in [9.17, 15) is 4.79 Å². The third-order valence-corrected chi connectivity index (χ3v) is 1.73. The number of nitrogens with one attached hydrogen (secondary N) is 1. The molecule has 0 aliphatic rings. The van der Waals surface area contributed by atoms with Gasteiger partial charge in [0, 0.05) is 13.5 Å². The zero-order chi connectivity index (χ0) is 10.4. The average molecular weight is 192 g/mol. The zero-order valence-corrected chi connectivity index (χ0v) is 7.90. The summed E-state index contributed by atoms with van der Waals surface area (Å²) in [5.74, 6) is -0.0500. The molecule has 1 rings (SSSR count). The van der Waals surface area contributed by atoms with Crippen molar-refractivity contribution in [2.24, 2.45) is 5.16 Å². The summed E-state index contributed by atoms with van der Waals surface area (Å²) in [6.07, 6.45) is 1.35. The molecule has 1 amide bonds. The average Bonchev–Trinajstić information content (AvgIpc) is 2.17. The second kappa shape index (κ2) is 5.01. The van der Waals surface area contributed by atoms with Gasteiger partial charge >= 0.3 is 0 Å². The van der Waals surface area contributed by atoms with Gasteiger partial charge in [0.15, 0.2) is 0 Å². The Morgan fingerprint density at radius 3 is 2.64 bits per heavy atom. The van der Waals surface area contributed by atoms with Crippen LogP contribution >= 0.6 is 0 Å². The topological polar surface area (TPSA) is 61.7 Å². The molecule has 0 heterocycles. The molecule has 0 unspecified atom stereocenters. The number of carbonyl (C=O) groups excluding carboxylic acids is 1. The summed E-state index contributed by atoms with van der Waals surface area (Å²) in [6, 6.07) is 7.37. The van der Waals surface area contributed by atoms with Crippen molar-refractivity contribution < 1.29 is 10.0 Å². The second-order valence-electron chi connectivity index (χ2n) is 2.90. The minimum atomic E-state index is -0.0500. The van der Waals surface area contributed by atoms with Gasteiger partial charge < -0.3 is 10.5 Å². The van der Waals surface area contributed by atoms with Crippen LogP contribution in [0.2, 0.25) is 0 Å². The van der Waals surface area contributed by atoms with Crippen LogP contribution in [-0.2, 0) is 11.3 Å². The molecule has 1 aromatic rings. The predicted octanol–water partition coefficient (Wildman–Crippen LogP) is 1.13. The van der Waals surface area contributed by atoms with Crippen molar-refractivity contribution in [2.75, 3.05) is 0 Å². The van der Waals surface area contributed by atoms with Gasteiger partial charge in [0.2, 0.25) is 5.91 Å². The summed E-state index contributed by atoms with van der Waals surface area (Å²) in [5, 5.41) is 13.9. The first-order chi connectivity index (χ1) is 6.72. The van der Waals surface area contributed by atoms with E-state index in [1.54, 1.807) is 0 Å². The normalized spacial score (nSPS) is 10.4. The number of oxime groups is 1. The van der Waals surface area contributed by atoms with Crippen LogP contribution in [0.25, 0.3) is 0 Å². The van der Waals surface area contributed by atoms with Gasteiger partial charge in [-0.05, 0) is 11.1 Å². The van der Waals surface area contributed by atoms with Gasteiger partial charge in [0.05, 0.1) is 6.21 Å². The van der Waals surface area contributed by atoms with Gasteiger partial charge in [0.25, 0.3) is 0 Å². The van der Waals surface area contributed by atoms with Crippen LogP contribution in [0.4, 0.5) is 0 Å². The summed E-state index contributed by atoms with van der Waals surface area (Å²) in [4.78, 5) is 10.6. The first-order valence-electron chi connectivity index (χ1n) is 4.23. The zero-order valence-electron chi connectivity index (χ0n) is 7.90. The fourth-order valence-corrected chi connectivity index (χ4v) is 1.01. The van der Waals surface area contributed by atoms with Crippen molar-refractivity contribution in [3.8, 4) is 0 Å². The third-order valence-electron chi connectivity index (χ3n) is 1.73. The molecule has 0 bridgehead atoms. The van der Waals surface area contributed by atoms with Crippen LogP contribution in [0.15, 0.2) is 29.4 Å². The molecule has 0 spiro atoms. The molecule has 14 heavy (non-hydrogen) atoms. The lowest BCUT2D eigenvalue weighted by atomic mass is 10.1. The molecule has 2 N–H and O–H groups in total. The van der Waals surface area contributed by atoms with Crippen LogP contribution in [0.3, 0.4) is 0 Å². The van der Waals surface area contributed by atoms with Crippen molar-refractivity contribution in [3.05, 3.63) is 35.4 Å². The summed E-state index contributed by atoms with van der Waals surface area (Å²) in [5.41, 5.74) is 1.83. The largest absolute Gasteiger partial charge is 0.411 e. The molecule has 0 aliphatic carbocycles. The van der Waals surface area contributed by atoms with Gasteiger partial charge in [-0.3, -0.25) is 4.79 Å². The Bertz CT molecular complexity index is 330. The highest BCUT2D eigenvalue weighted by Crippen LogP contribution is 2.01. The van der Waals surface area contributed by atoms with Gasteiger partial charge in [-0.25, -0.2) is 0 Å². The lowest BCUT2D eigenvalue weighted by Gasteiger charge is -2.01. The minimum Gasteiger partial charge on any atom is -0.411 e. The van der Waals surface area contributed by atoms with E-state index in [4.69, 9.17) is 5.21 Å². The standard InChI is InChI=1S/C10H12N2O2/c1-8(13)11-6-9-2-4-10(5-3-9)7-12-14/h2-5,7,14H,6H2,1H3,(H,11,13). The molecule has 74 valence electrons. The van der Waals surface area contributed by atoms with E-state index < -0.39 is 0 Å². The Morgan fingerprint density at radius 1 is 1.50 bits per heavy atom. The van der Waals surface area contributed by atoms with E-state index in [2.05, 4.69) is 10.5 Å². The quantitative estimate of drug-likeness (QED) is 0.428. The van der Waals surface area contributed by atoms with Crippen molar-refractivity contribution in [2.45, 2.75) is 13.5 Å². The fourth-order valence-electron chi connectivity index (χ4n) is 1.01. The maximum absolute atomic E-state index is 10.6. The van der Waals surface area contributed by atoms with E-state index in [0.29, 0.717) is 6.54 Å². The first-order valence-corrected chi connectivity index (χ1v) is 4.23. The smallest absolute Gasteiger partial charge is 0.217 e. The van der Waals surface area contributed by atoms with Crippen molar-refractivity contribution in [1.82, 2.24) is 5.32 Å². The van der Waals surface area contributed by atoms with Crippen LogP contribution < -0.4 is 5.32 Å². The highest BCUT2D eigenvalue weighted by molar-refractivity contribution is 5.79. The maximum Gasteiger partial charge on any atom is 0.217 e. The van der Waals surface area contributed by atoms with Crippen LogP contribution in [0, 0.1) is 0 Å². The Morgan fingerprint density at radius 2 is 2.14 bits per heavy atom. The lowest BCUT2D eigenvalue weighted by Crippen LogP contribution is -2.18. The Kier molecular flexibility index (Phi) is 3.67. The molecule has 0 atom stereocenters. The highest BCUT2D eigenvalue weighted by atomic mass is 16.4. The number of carbonyl (C=O) groups is 1. The Hall–Kier alpha value is -1.84. The van der Waals surface area contributed by atoms with Gasteiger partial charge in [-0.1, -0.05) is 29.4 Å². The maximum atomic E-state index is 10.6. The van der Waals surface area contributed by atoms with Crippen LogP contribution in [0.1, 0.15) is 18.1 Å². The molecule has 4 nitrogen and oxygen atoms in total. The highest BCUT2D eigenvalue weighted by Gasteiger charge is 1.94. The number of amides is 1. The molecule has 0 saturated carbocycles. The van der Waals surface area contributed by atoms with E-state index in [1.807, 2.05) is 24.3 Å². The van der Waals surface area contributed by atoms with Gasteiger partial charge in [0.1, 0.15) is 0 Å². The first kappa shape index (κ1) is 10.2. The molecule has 0 aliphatic heterocycles. The van der Waals surface area contributed by atoms with E-state index in [0.717, 1.165) is 11.1 Å². The van der Waals surface area contributed by atoms with Crippen molar-refractivity contribution in [1.29, 1.82) is 0 Å². The second-order valence-corrected chi connectivity index (χ2v) is 2.90. The molecule has 1 aromatic carbocycles. The fraction of sp³-hybridized carbons (Fsp3) is 0.200. The predicted molar refractivity (Wildman–Crippen MR) is 53.3 cm³/mol. The van der Waals surface area contributed by atoms with Crippen LogP contribution in [0.5, 0.6) is 0 Å². The molecular weight excluding hydrogens is 180 g/mol. The van der Waals surface area contributed by atoms with Crippen molar-refractivity contribution >= 4 is 12.1 Å². The Labute approximate surface area is 82.2 Å². The van der Waals surface area contributed by atoms with E-state index in [-0.39, 0.29) is 5.91 Å². The molecule has 0 aromatic heterocycles. The molecule has 4 heteroatoms. The number of benzene rings is 1. The SMILES string of the molecule is CC(=O)NCc1ccc(C=NO)cc1. The molecule has 0 fully saturated rings. The summed E-state index contributed by atoms with van der Waals surface area (Å²) >= 11 is 0. The van der Waals surface area contributed by atoms with E-state index in [1.165, 1.54) is 13.1 Å². The van der Waals surface area contributed by atoms with Gasteiger partial charge in [-0.15, -0.1) is 0 Å². The third kappa shape index (κ3) is 3.26. The number of rotatable bonds is 3. The number of nitrogens with zero attached hydrogens (tertiary/aromatic N) is 1. The van der Waals surface area contributed by atoms with Gasteiger partial charge in [-0.2, -0.15) is 0 Å². The minimum absolute atomic E-state index is 0.0500. The molecular formula is C10H12N2O2. The number of hydrogen-bond acceptors (Lipinski definition) is 3. The Balaban J connectivity index is 2.59. The summed E-state index contributed by atoms with van der Waals surface area (Å²) in [7, 11) is 0. The summed E-state index contributed by atoms with van der Waals surface area (Å²) < 4.78 is 0.